The van der Waals surface area contributed by atoms with Crippen molar-refractivity contribution in [3.63, 3.8) is 0 Å². The Bertz CT molecular complexity index is 1330. The number of carbonyl (C=O) groups is 2. The number of aryl methyl sites for hydroxylation is 2. The molecule has 3 aromatic carbocycles. The summed E-state index contributed by atoms with van der Waals surface area (Å²) in [5, 5.41) is 3.09. The molecule has 3 aliphatic heterocycles. The molecule has 0 saturated carbocycles. The Morgan fingerprint density at radius 1 is 0.795 bits per heavy atom. The lowest BCUT2D eigenvalue weighted by Crippen LogP contribution is -2.46. The van der Waals surface area contributed by atoms with Gasteiger partial charge in [-0.3, -0.25) is 9.69 Å². The van der Waals surface area contributed by atoms with E-state index in [1.165, 1.54) is 16.2 Å². The highest BCUT2D eigenvalue weighted by Crippen LogP contribution is 2.46. The van der Waals surface area contributed by atoms with E-state index in [-0.39, 0.29) is 17.4 Å². The molecule has 39 heavy (non-hydrogen) atoms. The number of urea groups is 1. The number of anilines is 1. The number of nitrogens with zero attached hydrogens (tertiary/aromatic N) is 3. The molecular formula is C33H38N4O2. The Labute approximate surface area is 231 Å². The molecule has 0 aliphatic carbocycles. The van der Waals surface area contributed by atoms with Crippen LogP contribution < -0.4 is 10.2 Å². The van der Waals surface area contributed by atoms with E-state index >= 15 is 0 Å². The Morgan fingerprint density at radius 2 is 1.38 bits per heavy atom. The van der Waals surface area contributed by atoms with Crippen molar-refractivity contribution in [2.45, 2.75) is 44.1 Å². The van der Waals surface area contributed by atoms with E-state index in [2.05, 4.69) is 46.4 Å². The minimum Gasteiger partial charge on any atom is -0.373 e. The predicted octanol–water partition coefficient (Wildman–Crippen LogP) is 4.97. The topological polar surface area (TPSA) is 55.9 Å². The molecule has 0 bridgehead atoms. The summed E-state index contributed by atoms with van der Waals surface area (Å²) in [4.78, 5) is 33.6. The summed E-state index contributed by atoms with van der Waals surface area (Å²) in [6, 6.07) is 24.3. The van der Waals surface area contributed by atoms with Crippen molar-refractivity contribution in [3.8, 4) is 0 Å². The van der Waals surface area contributed by atoms with E-state index in [0.717, 1.165) is 67.7 Å². The Morgan fingerprint density at radius 3 is 2.00 bits per heavy atom. The van der Waals surface area contributed by atoms with Gasteiger partial charge >= 0.3 is 6.03 Å². The first-order chi connectivity index (χ1) is 18.8. The van der Waals surface area contributed by atoms with E-state index in [4.69, 9.17) is 0 Å². The maximum atomic E-state index is 14.0. The number of hydrogen-bond donors (Lipinski definition) is 1. The van der Waals surface area contributed by atoms with Gasteiger partial charge in [0.1, 0.15) is 0 Å². The number of likely N-dealkylation sites (tertiary alicyclic amines) is 1. The van der Waals surface area contributed by atoms with Crippen LogP contribution in [-0.4, -0.2) is 61.5 Å². The van der Waals surface area contributed by atoms with Crippen LogP contribution in [0.1, 0.15) is 47.1 Å². The molecule has 2 fully saturated rings. The minimum absolute atomic E-state index is 0.191. The molecule has 1 N–H and O–H groups in total. The number of nitrogens with one attached hydrogen (secondary N) is 1. The molecule has 0 aromatic heterocycles. The Hall–Kier alpha value is -3.64. The van der Waals surface area contributed by atoms with E-state index in [0.29, 0.717) is 6.54 Å². The number of piperidine rings is 1. The number of para-hydroxylation sites is 1. The van der Waals surface area contributed by atoms with Gasteiger partial charge in [0.2, 0.25) is 0 Å². The monoisotopic (exact) mass is 522 g/mol. The number of fused-ring (bicyclic) bond motifs is 2. The smallest absolute Gasteiger partial charge is 0.325 e. The summed E-state index contributed by atoms with van der Waals surface area (Å²) in [7, 11) is 2.20. The van der Waals surface area contributed by atoms with Crippen LogP contribution in [0.3, 0.4) is 0 Å². The van der Waals surface area contributed by atoms with Crippen LogP contribution in [0.15, 0.2) is 72.8 Å². The standard InChI is InChI=1S/C33H38N4O2/c1-24-9-13-26(14-10-24)33(27-15-11-25(2)12-16-27)30(38)37(31(39)34-33)20-6-19-36-21-17-32(18-22-36)23-35(3)29-8-5-4-7-28(29)32/h4-5,7-16H,6,17-23H2,1-3H3,(H,34,39). The van der Waals surface area contributed by atoms with Crippen LogP contribution in [0.5, 0.6) is 0 Å². The number of rotatable bonds is 6. The molecule has 0 atom stereocenters. The zero-order valence-electron chi connectivity index (χ0n) is 23.2. The molecule has 3 heterocycles. The summed E-state index contributed by atoms with van der Waals surface area (Å²) >= 11 is 0. The van der Waals surface area contributed by atoms with Crippen molar-refractivity contribution in [2.75, 3.05) is 44.7 Å². The lowest BCUT2D eigenvalue weighted by Gasteiger charge is -2.40. The fourth-order valence-corrected chi connectivity index (χ4v) is 6.91. The van der Waals surface area contributed by atoms with Crippen LogP contribution >= 0.6 is 0 Å². The molecule has 6 rings (SSSR count). The lowest BCUT2D eigenvalue weighted by molar-refractivity contribution is -0.130. The van der Waals surface area contributed by atoms with E-state index in [1.54, 1.807) is 0 Å². The first-order valence-electron chi connectivity index (χ1n) is 14.1. The largest absolute Gasteiger partial charge is 0.373 e. The number of imide groups is 1. The van der Waals surface area contributed by atoms with Crippen molar-refractivity contribution in [3.05, 3.63) is 101 Å². The summed E-state index contributed by atoms with van der Waals surface area (Å²) in [6.45, 7) is 8.51. The first-order valence-corrected chi connectivity index (χ1v) is 14.1. The van der Waals surface area contributed by atoms with Gasteiger partial charge in [-0.05, 0) is 75.5 Å². The fraction of sp³-hybridized carbons (Fsp3) is 0.394. The fourth-order valence-electron chi connectivity index (χ4n) is 6.91. The van der Waals surface area contributed by atoms with Gasteiger partial charge in [0.05, 0.1) is 0 Å². The van der Waals surface area contributed by atoms with Crippen molar-refractivity contribution < 1.29 is 9.59 Å². The third kappa shape index (κ3) is 4.31. The second-order valence-electron chi connectivity index (χ2n) is 11.7. The SMILES string of the molecule is Cc1ccc(C2(c3ccc(C)cc3)NC(=O)N(CCCN3CCC4(CC3)CN(C)c3ccccc34)C2=O)cc1. The van der Waals surface area contributed by atoms with Gasteiger partial charge in [0.15, 0.2) is 5.54 Å². The summed E-state index contributed by atoms with van der Waals surface area (Å²) in [5.41, 5.74) is 5.73. The van der Waals surface area contributed by atoms with Crippen LogP contribution in [0.25, 0.3) is 0 Å². The maximum absolute atomic E-state index is 14.0. The van der Waals surface area contributed by atoms with E-state index in [1.807, 2.05) is 62.4 Å². The van der Waals surface area contributed by atoms with Crippen molar-refractivity contribution in [2.24, 2.45) is 0 Å². The van der Waals surface area contributed by atoms with Crippen LogP contribution in [0.2, 0.25) is 0 Å². The third-order valence-electron chi connectivity index (χ3n) is 9.17. The lowest BCUT2D eigenvalue weighted by atomic mass is 9.74. The highest BCUT2D eigenvalue weighted by atomic mass is 16.2. The average molecular weight is 523 g/mol. The molecular weight excluding hydrogens is 484 g/mol. The predicted molar refractivity (Wildman–Crippen MR) is 155 cm³/mol. The maximum Gasteiger partial charge on any atom is 0.325 e. The quantitative estimate of drug-likeness (QED) is 0.465. The third-order valence-corrected chi connectivity index (χ3v) is 9.17. The van der Waals surface area contributed by atoms with Gasteiger partial charge in [-0.25, -0.2) is 4.79 Å². The van der Waals surface area contributed by atoms with E-state index < -0.39 is 5.54 Å². The number of benzene rings is 3. The normalized spacial score (nSPS) is 20.0. The molecule has 202 valence electrons. The summed E-state index contributed by atoms with van der Waals surface area (Å²) in [6.07, 6.45) is 3.05. The first kappa shape index (κ1) is 25.6. The molecule has 6 nitrogen and oxygen atoms in total. The van der Waals surface area contributed by atoms with Crippen molar-refractivity contribution in [1.82, 2.24) is 15.1 Å². The zero-order valence-corrected chi connectivity index (χ0v) is 23.2. The molecule has 3 aliphatic rings. The summed E-state index contributed by atoms with van der Waals surface area (Å²) < 4.78 is 0. The van der Waals surface area contributed by atoms with Gasteiger partial charge in [-0.15, -0.1) is 0 Å². The highest BCUT2D eigenvalue weighted by molar-refractivity contribution is 6.09. The second kappa shape index (κ2) is 9.83. The Kier molecular flexibility index (Phi) is 6.46. The highest BCUT2D eigenvalue weighted by Gasteiger charge is 2.53. The molecule has 3 amide bonds. The van der Waals surface area contributed by atoms with Gasteiger partial charge in [-0.2, -0.15) is 0 Å². The molecule has 1 spiro atoms. The van der Waals surface area contributed by atoms with Gasteiger partial charge < -0.3 is 15.1 Å². The number of likely N-dealkylation sites (N-methyl/N-ethyl adjacent to an activating group) is 1. The van der Waals surface area contributed by atoms with Gasteiger partial charge in [0, 0.05) is 31.2 Å². The number of carbonyl (C=O) groups excluding carboxylic acids is 2. The van der Waals surface area contributed by atoms with Crippen LogP contribution in [-0.2, 0) is 15.7 Å². The molecule has 6 heteroatoms. The average Bonchev–Trinajstić information content (AvgIpc) is 3.36. The molecule has 0 unspecified atom stereocenters. The van der Waals surface area contributed by atoms with Crippen molar-refractivity contribution >= 4 is 17.6 Å². The van der Waals surface area contributed by atoms with Gasteiger partial charge in [-0.1, -0.05) is 77.9 Å². The zero-order chi connectivity index (χ0) is 27.2. The molecule has 2 saturated heterocycles. The van der Waals surface area contributed by atoms with Gasteiger partial charge in [0.25, 0.3) is 5.91 Å². The Balaban J connectivity index is 1.13. The van der Waals surface area contributed by atoms with Crippen molar-refractivity contribution in [1.29, 1.82) is 0 Å². The molecule has 3 aromatic rings. The number of amides is 3. The van der Waals surface area contributed by atoms with Crippen LogP contribution in [0.4, 0.5) is 10.5 Å². The van der Waals surface area contributed by atoms with Crippen LogP contribution in [0, 0.1) is 13.8 Å². The summed E-state index contributed by atoms with van der Waals surface area (Å²) in [5.74, 6) is -0.191. The second-order valence-corrected chi connectivity index (χ2v) is 11.7. The number of hydrogen-bond acceptors (Lipinski definition) is 4. The van der Waals surface area contributed by atoms with E-state index in [9.17, 15) is 9.59 Å². The minimum atomic E-state index is -1.20. The molecule has 0 radical (unpaired) electrons.